The molecule has 4 aromatic rings. The largest absolute Gasteiger partial charge is 0.397 e. The maximum Gasteiger partial charge on any atom is 0.172 e. The van der Waals surface area contributed by atoms with Gasteiger partial charge >= 0.3 is 0 Å². The van der Waals surface area contributed by atoms with Gasteiger partial charge < -0.3 is 5.73 Å². The molecule has 1 unspecified atom stereocenters. The number of rotatable bonds is 1. The molecule has 0 bridgehead atoms. The van der Waals surface area contributed by atoms with Gasteiger partial charge in [0, 0.05) is 10.9 Å². The molecule has 0 saturated heterocycles. The monoisotopic (exact) mass is 324 g/mol. The van der Waals surface area contributed by atoms with Gasteiger partial charge in [0.2, 0.25) is 0 Å². The lowest BCUT2D eigenvalue weighted by Gasteiger charge is -2.09. The van der Waals surface area contributed by atoms with Crippen LogP contribution in [-0.2, 0) is 6.42 Å². The Hall–Kier alpha value is -3.20. The fraction of sp³-hybridized carbons (Fsp3) is 0.0909. The zero-order chi connectivity index (χ0) is 17.0. The highest BCUT2D eigenvalue weighted by Gasteiger charge is 2.33. The molecule has 0 radical (unpaired) electrons. The Morgan fingerprint density at radius 3 is 2.48 bits per heavy atom. The van der Waals surface area contributed by atoms with Crippen LogP contribution in [0.2, 0.25) is 0 Å². The SMILES string of the molecule is Nc1cccc2ccc(C3Cc4cc5ccccc5cc4C3=O)nc12. The number of pyridine rings is 1. The highest BCUT2D eigenvalue weighted by molar-refractivity contribution is 6.08. The van der Waals surface area contributed by atoms with Crippen molar-refractivity contribution in [3.05, 3.63) is 83.6 Å². The number of para-hydroxylation sites is 1. The molecule has 5 rings (SSSR count). The number of hydrogen-bond donors (Lipinski definition) is 1. The Morgan fingerprint density at radius 1 is 0.880 bits per heavy atom. The summed E-state index contributed by atoms with van der Waals surface area (Å²) in [4.78, 5) is 17.7. The zero-order valence-corrected chi connectivity index (χ0v) is 13.6. The smallest absolute Gasteiger partial charge is 0.172 e. The second-order valence-corrected chi connectivity index (χ2v) is 6.63. The lowest BCUT2D eigenvalue weighted by molar-refractivity contribution is 0.0971. The van der Waals surface area contributed by atoms with E-state index >= 15 is 0 Å². The average molecular weight is 324 g/mol. The summed E-state index contributed by atoms with van der Waals surface area (Å²) in [6.45, 7) is 0. The van der Waals surface area contributed by atoms with Gasteiger partial charge in [0.15, 0.2) is 5.78 Å². The van der Waals surface area contributed by atoms with Gasteiger partial charge in [-0.05, 0) is 41.0 Å². The molecule has 0 saturated carbocycles. The molecule has 0 spiro atoms. The summed E-state index contributed by atoms with van der Waals surface area (Å²) in [7, 11) is 0. The van der Waals surface area contributed by atoms with Gasteiger partial charge in [-0.3, -0.25) is 4.79 Å². The van der Waals surface area contributed by atoms with Crippen molar-refractivity contribution >= 4 is 33.1 Å². The maximum atomic E-state index is 13.0. The minimum absolute atomic E-state index is 0.155. The standard InChI is InChI=1S/C22H16N2O/c23-19-7-3-6-13-8-9-20(24-21(13)19)18-12-16-10-14-4-1-2-5-15(14)11-17(16)22(18)25/h1-11,18H,12,23H2. The number of anilines is 1. The van der Waals surface area contributed by atoms with Crippen molar-refractivity contribution in [2.45, 2.75) is 12.3 Å². The highest BCUT2D eigenvalue weighted by atomic mass is 16.1. The van der Waals surface area contributed by atoms with Crippen molar-refractivity contribution in [2.24, 2.45) is 0 Å². The molecule has 2 N–H and O–H groups in total. The number of ketones is 1. The van der Waals surface area contributed by atoms with Gasteiger partial charge in [-0.2, -0.15) is 0 Å². The Balaban J connectivity index is 1.62. The minimum atomic E-state index is -0.226. The van der Waals surface area contributed by atoms with Crippen LogP contribution in [-0.4, -0.2) is 10.8 Å². The molecule has 1 aromatic heterocycles. The number of carbonyl (C=O) groups excluding carboxylic acids is 1. The molecule has 3 heteroatoms. The number of fused-ring (bicyclic) bond motifs is 3. The van der Waals surface area contributed by atoms with Gasteiger partial charge in [0.1, 0.15) is 0 Å². The molecule has 120 valence electrons. The van der Waals surface area contributed by atoms with Gasteiger partial charge in [-0.15, -0.1) is 0 Å². The van der Waals surface area contributed by atoms with Crippen molar-refractivity contribution in [1.82, 2.24) is 4.98 Å². The molecule has 0 amide bonds. The molecule has 0 aliphatic heterocycles. The van der Waals surface area contributed by atoms with Crippen LogP contribution in [0.25, 0.3) is 21.7 Å². The molecule has 0 fully saturated rings. The number of carbonyl (C=O) groups is 1. The summed E-state index contributed by atoms with van der Waals surface area (Å²) in [5, 5.41) is 3.27. The van der Waals surface area contributed by atoms with E-state index in [1.165, 1.54) is 5.39 Å². The van der Waals surface area contributed by atoms with Crippen LogP contribution >= 0.6 is 0 Å². The van der Waals surface area contributed by atoms with E-state index in [0.717, 1.165) is 33.1 Å². The molecular formula is C22H16N2O. The van der Waals surface area contributed by atoms with E-state index in [1.807, 2.05) is 54.6 Å². The van der Waals surface area contributed by atoms with Crippen LogP contribution in [0, 0.1) is 0 Å². The van der Waals surface area contributed by atoms with Crippen LogP contribution in [0.4, 0.5) is 5.69 Å². The lowest BCUT2D eigenvalue weighted by atomic mass is 9.99. The topological polar surface area (TPSA) is 56.0 Å². The first kappa shape index (κ1) is 14.2. The van der Waals surface area contributed by atoms with E-state index < -0.39 is 0 Å². The van der Waals surface area contributed by atoms with Gasteiger partial charge in [0.25, 0.3) is 0 Å². The summed E-state index contributed by atoms with van der Waals surface area (Å²) >= 11 is 0. The van der Waals surface area contributed by atoms with Crippen molar-refractivity contribution < 1.29 is 4.79 Å². The van der Waals surface area contributed by atoms with E-state index in [9.17, 15) is 4.79 Å². The summed E-state index contributed by atoms with van der Waals surface area (Å²) in [5.41, 5.74) is 10.2. The van der Waals surface area contributed by atoms with Crippen molar-refractivity contribution in [3.8, 4) is 0 Å². The minimum Gasteiger partial charge on any atom is -0.397 e. The predicted octanol–water partition coefficient (Wildman–Crippen LogP) is 4.49. The number of Topliss-reactive ketones (excluding diaryl/α,β-unsaturated/α-hetero) is 1. The fourth-order valence-corrected chi connectivity index (χ4v) is 3.80. The van der Waals surface area contributed by atoms with Crippen molar-refractivity contribution in [1.29, 1.82) is 0 Å². The number of aromatic nitrogens is 1. The number of benzene rings is 3. The number of nitrogens with zero attached hydrogens (tertiary/aromatic N) is 1. The summed E-state index contributed by atoms with van der Waals surface area (Å²) in [6, 6.07) is 22.0. The lowest BCUT2D eigenvalue weighted by Crippen LogP contribution is -2.09. The molecular weight excluding hydrogens is 308 g/mol. The van der Waals surface area contributed by atoms with Crippen LogP contribution in [0.1, 0.15) is 27.5 Å². The van der Waals surface area contributed by atoms with E-state index in [1.54, 1.807) is 0 Å². The number of hydrogen-bond acceptors (Lipinski definition) is 3. The van der Waals surface area contributed by atoms with E-state index in [4.69, 9.17) is 10.7 Å². The van der Waals surface area contributed by atoms with Crippen LogP contribution in [0.15, 0.2) is 66.7 Å². The summed E-state index contributed by atoms with van der Waals surface area (Å²) < 4.78 is 0. The first-order chi connectivity index (χ1) is 12.2. The molecule has 3 nitrogen and oxygen atoms in total. The van der Waals surface area contributed by atoms with E-state index in [-0.39, 0.29) is 11.7 Å². The third-order valence-corrected chi connectivity index (χ3v) is 5.11. The van der Waals surface area contributed by atoms with E-state index in [0.29, 0.717) is 12.1 Å². The maximum absolute atomic E-state index is 13.0. The first-order valence-electron chi connectivity index (χ1n) is 8.42. The van der Waals surface area contributed by atoms with Gasteiger partial charge in [-0.25, -0.2) is 4.98 Å². The second-order valence-electron chi connectivity index (χ2n) is 6.63. The van der Waals surface area contributed by atoms with Gasteiger partial charge in [-0.1, -0.05) is 48.5 Å². The van der Waals surface area contributed by atoms with Crippen LogP contribution in [0.3, 0.4) is 0 Å². The quantitative estimate of drug-likeness (QED) is 0.525. The van der Waals surface area contributed by atoms with Crippen LogP contribution in [0.5, 0.6) is 0 Å². The third kappa shape index (κ3) is 2.13. The molecule has 1 aliphatic carbocycles. The van der Waals surface area contributed by atoms with Gasteiger partial charge in [0.05, 0.1) is 22.8 Å². The molecule has 1 heterocycles. The Morgan fingerprint density at radius 2 is 1.64 bits per heavy atom. The van der Waals surface area contributed by atoms with Crippen LogP contribution < -0.4 is 5.73 Å². The molecule has 25 heavy (non-hydrogen) atoms. The Labute approximate surface area is 145 Å². The molecule has 1 aliphatic rings. The highest BCUT2D eigenvalue weighted by Crippen LogP contribution is 2.36. The zero-order valence-electron chi connectivity index (χ0n) is 13.6. The predicted molar refractivity (Wildman–Crippen MR) is 101 cm³/mol. The normalized spacial score (nSPS) is 16.5. The third-order valence-electron chi connectivity index (χ3n) is 5.11. The average Bonchev–Trinajstić information content (AvgIpc) is 2.96. The Kier molecular flexibility index (Phi) is 2.92. The summed E-state index contributed by atoms with van der Waals surface area (Å²) in [5.74, 6) is -0.0714. The van der Waals surface area contributed by atoms with Crippen molar-refractivity contribution in [3.63, 3.8) is 0 Å². The second kappa shape index (κ2) is 5.15. The molecule has 3 aromatic carbocycles. The number of nitrogens with two attached hydrogens (primary N) is 1. The summed E-state index contributed by atoms with van der Waals surface area (Å²) in [6.07, 6.45) is 0.699. The fourth-order valence-electron chi connectivity index (χ4n) is 3.80. The van der Waals surface area contributed by atoms with E-state index in [2.05, 4.69) is 12.1 Å². The molecule has 1 atom stereocenters. The number of nitrogen functional groups attached to an aromatic ring is 1. The Bertz CT molecular complexity index is 1160. The first-order valence-corrected chi connectivity index (χ1v) is 8.42. The van der Waals surface area contributed by atoms with Crippen molar-refractivity contribution in [2.75, 3.05) is 5.73 Å².